The molecule has 0 bridgehead atoms. The van der Waals surface area contributed by atoms with E-state index in [0.29, 0.717) is 41.9 Å². The van der Waals surface area contributed by atoms with Crippen molar-refractivity contribution in [3.05, 3.63) is 36.4 Å². The predicted octanol–water partition coefficient (Wildman–Crippen LogP) is 4.73. The van der Waals surface area contributed by atoms with Crippen molar-refractivity contribution < 1.29 is 28.5 Å². The molecule has 0 heterocycles. The van der Waals surface area contributed by atoms with Gasteiger partial charge in [-0.1, -0.05) is 0 Å². The number of rotatable bonds is 11. The van der Waals surface area contributed by atoms with Gasteiger partial charge in [0.2, 0.25) is 6.04 Å². The maximum absolute atomic E-state index is 12.9. The minimum atomic E-state index is -1.44. The number of carbonyl (C=O) groups excluding carboxylic acids is 2. The van der Waals surface area contributed by atoms with Crippen molar-refractivity contribution >= 4 is 34.8 Å². The number of Topliss-reactive ketones (excluding diaryl/α,β-unsaturated/α-hetero) is 1. The predicted molar refractivity (Wildman–Crippen MR) is 121 cm³/mol. The average molecular weight is 464 g/mol. The van der Waals surface area contributed by atoms with Crippen LogP contribution in [0, 0.1) is 0 Å². The van der Waals surface area contributed by atoms with E-state index in [0.717, 1.165) is 4.42 Å². The lowest BCUT2D eigenvalue weighted by Crippen LogP contribution is -2.36. The number of ketones is 1. The van der Waals surface area contributed by atoms with Gasteiger partial charge in [-0.25, -0.2) is 4.42 Å². The van der Waals surface area contributed by atoms with Crippen molar-refractivity contribution in [3.63, 3.8) is 0 Å². The van der Waals surface area contributed by atoms with Gasteiger partial charge >= 0.3 is 0 Å². The van der Waals surface area contributed by atoms with Gasteiger partial charge in [0.1, 0.15) is 11.5 Å². The zero-order valence-corrected chi connectivity index (χ0v) is 19.4. The second kappa shape index (κ2) is 11.9. The first-order chi connectivity index (χ1) is 15.3. The van der Waals surface area contributed by atoms with Crippen LogP contribution in [0.4, 0.5) is 11.4 Å². The number of methoxy groups -OCH3 is 2. The van der Waals surface area contributed by atoms with Crippen LogP contribution in [0.3, 0.4) is 0 Å². The van der Waals surface area contributed by atoms with E-state index in [1.165, 1.54) is 33.3 Å². The van der Waals surface area contributed by atoms with Crippen molar-refractivity contribution in [1.29, 1.82) is 0 Å². The smallest absolute Gasteiger partial charge is 0.276 e. The molecule has 0 aromatic heterocycles. The number of ether oxygens (including phenoxy) is 4. The second-order valence-corrected chi connectivity index (χ2v) is 6.75. The second-order valence-electron chi connectivity index (χ2n) is 6.42. The minimum Gasteiger partial charge on any atom is -0.497 e. The molecule has 0 aliphatic heterocycles. The van der Waals surface area contributed by atoms with E-state index in [2.05, 4.69) is 10.2 Å². The highest BCUT2D eigenvalue weighted by Crippen LogP contribution is 2.33. The normalized spacial score (nSPS) is 11.7. The van der Waals surface area contributed by atoms with E-state index in [1.54, 1.807) is 24.3 Å². The Labute approximate surface area is 192 Å². The number of hydrogen-bond donors (Lipinski definition) is 0. The van der Waals surface area contributed by atoms with Crippen LogP contribution in [0.5, 0.6) is 23.0 Å². The maximum atomic E-state index is 12.9. The Balaban J connectivity index is 2.30. The van der Waals surface area contributed by atoms with Gasteiger partial charge in [0.15, 0.2) is 17.3 Å². The van der Waals surface area contributed by atoms with E-state index in [1.807, 2.05) is 13.8 Å². The van der Waals surface area contributed by atoms with Crippen LogP contribution in [0.25, 0.3) is 0 Å². The molecule has 0 aliphatic rings. The van der Waals surface area contributed by atoms with Crippen LogP contribution >= 0.6 is 11.8 Å². The third-order valence-electron chi connectivity index (χ3n) is 4.19. The number of anilines is 1. The van der Waals surface area contributed by atoms with E-state index < -0.39 is 17.7 Å². The van der Waals surface area contributed by atoms with E-state index in [9.17, 15) is 9.59 Å². The van der Waals surface area contributed by atoms with Gasteiger partial charge in [0.05, 0.1) is 38.8 Å². The molecule has 0 saturated carbocycles. The Hall–Kier alpha value is -3.33. The number of hydrogen-bond acceptors (Lipinski definition) is 8. The van der Waals surface area contributed by atoms with Crippen LogP contribution in [-0.2, 0) is 9.59 Å². The fraction of sp³-hybridized carbons (Fsp3) is 0.364. The molecule has 172 valence electrons. The van der Waals surface area contributed by atoms with E-state index >= 15 is 0 Å². The van der Waals surface area contributed by atoms with Crippen molar-refractivity contribution in [2.75, 3.05) is 31.9 Å². The lowest BCUT2D eigenvalue weighted by Gasteiger charge is -2.18. The summed E-state index contributed by atoms with van der Waals surface area (Å²) < 4.78 is 22.2. The number of amides is 1. The van der Waals surface area contributed by atoms with Gasteiger partial charge < -0.3 is 18.9 Å². The molecule has 1 unspecified atom stereocenters. The summed E-state index contributed by atoms with van der Waals surface area (Å²) in [5.74, 6) is 0.614. The largest absolute Gasteiger partial charge is 0.497 e. The van der Waals surface area contributed by atoms with Crippen LogP contribution in [0.15, 0.2) is 46.6 Å². The van der Waals surface area contributed by atoms with Crippen LogP contribution in [-0.4, -0.2) is 45.2 Å². The first-order valence-corrected chi connectivity index (χ1v) is 10.2. The molecule has 1 atom stereocenters. The monoisotopic (exact) mass is 463 g/mol. The summed E-state index contributed by atoms with van der Waals surface area (Å²) in [6.45, 7) is 5.85. The maximum Gasteiger partial charge on any atom is 0.276 e. The van der Waals surface area contributed by atoms with Gasteiger partial charge in [-0.2, -0.15) is 10.2 Å². The SMILES string of the molecule is CCOc1ccc(N=NC(C(C)=O)C(=O)N(Cl)c2cc(OC)cc(OC)c2)cc1OCC. The Morgan fingerprint density at radius 3 is 2.09 bits per heavy atom. The van der Waals surface area contributed by atoms with Crippen molar-refractivity contribution in [2.24, 2.45) is 10.2 Å². The van der Waals surface area contributed by atoms with Crippen molar-refractivity contribution in [3.8, 4) is 23.0 Å². The van der Waals surface area contributed by atoms with Crippen molar-refractivity contribution in [2.45, 2.75) is 26.8 Å². The molecule has 0 aliphatic carbocycles. The molecule has 0 fully saturated rings. The topological polar surface area (TPSA) is 99.0 Å². The van der Waals surface area contributed by atoms with E-state index in [-0.39, 0.29) is 5.69 Å². The molecular formula is C22H26ClN3O6. The standard InChI is InChI=1S/C22H26ClN3O6/c1-6-31-19-9-8-15(10-20(19)32-7-2)24-25-21(14(3)27)22(28)26(23)16-11-17(29-4)13-18(12-16)30-5/h8-13,21H,6-7H2,1-5H3. The molecule has 1 amide bonds. The molecule has 0 N–H and O–H groups in total. The van der Waals surface area contributed by atoms with Gasteiger partial charge in [-0.05, 0) is 32.9 Å². The highest BCUT2D eigenvalue weighted by Gasteiger charge is 2.29. The minimum absolute atomic E-state index is 0.258. The summed E-state index contributed by atoms with van der Waals surface area (Å²) in [5, 5.41) is 7.99. The first-order valence-electron chi connectivity index (χ1n) is 9.88. The van der Waals surface area contributed by atoms with Gasteiger partial charge in [0.25, 0.3) is 5.91 Å². The highest BCUT2D eigenvalue weighted by atomic mass is 35.5. The van der Waals surface area contributed by atoms with Gasteiger partial charge in [0, 0.05) is 36.0 Å². The lowest BCUT2D eigenvalue weighted by molar-refractivity contribution is -0.126. The molecule has 0 spiro atoms. The fourth-order valence-electron chi connectivity index (χ4n) is 2.67. The molecule has 2 rings (SSSR count). The fourth-order valence-corrected chi connectivity index (χ4v) is 2.86. The van der Waals surface area contributed by atoms with E-state index in [4.69, 9.17) is 30.7 Å². The average Bonchev–Trinajstić information content (AvgIpc) is 2.79. The Morgan fingerprint density at radius 1 is 0.969 bits per heavy atom. The van der Waals surface area contributed by atoms with Crippen molar-refractivity contribution in [1.82, 2.24) is 0 Å². The molecule has 9 nitrogen and oxygen atoms in total. The summed E-state index contributed by atoms with van der Waals surface area (Å²) in [6.07, 6.45) is 0. The molecular weight excluding hydrogens is 438 g/mol. The Kier molecular flexibility index (Phi) is 9.27. The highest BCUT2D eigenvalue weighted by molar-refractivity contribution is 6.39. The lowest BCUT2D eigenvalue weighted by atomic mass is 10.2. The summed E-state index contributed by atoms with van der Waals surface area (Å²) >= 11 is 6.24. The molecule has 2 aromatic rings. The van der Waals surface area contributed by atoms with Gasteiger partial charge in [-0.3, -0.25) is 9.59 Å². The third-order valence-corrected chi connectivity index (χ3v) is 4.55. The summed E-state index contributed by atoms with van der Waals surface area (Å²) in [6, 6.07) is 8.19. The molecule has 10 heteroatoms. The number of nitrogens with zero attached hydrogens (tertiary/aromatic N) is 3. The van der Waals surface area contributed by atoms with Gasteiger partial charge in [-0.15, -0.1) is 0 Å². The quantitative estimate of drug-likeness (QED) is 0.271. The van der Waals surface area contributed by atoms with Crippen LogP contribution in [0.1, 0.15) is 20.8 Å². The molecule has 0 saturated heterocycles. The number of halogens is 1. The first kappa shape index (κ1) is 24.9. The van der Waals surface area contributed by atoms with Crippen LogP contribution < -0.4 is 23.4 Å². The Bertz CT molecular complexity index is 960. The molecule has 2 aromatic carbocycles. The molecule has 0 radical (unpaired) electrons. The number of benzene rings is 2. The van der Waals surface area contributed by atoms with Crippen LogP contribution in [0.2, 0.25) is 0 Å². The zero-order valence-electron chi connectivity index (χ0n) is 18.6. The summed E-state index contributed by atoms with van der Waals surface area (Å²) in [7, 11) is 2.94. The number of carbonyl (C=O) groups is 2. The molecule has 32 heavy (non-hydrogen) atoms. The third kappa shape index (κ3) is 6.34. The summed E-state index contributed by atoms with van der Waals surface area (Å²) in [4.78, 5) is 25.1. The number of azo groups is 1. The zero-order chi connectivity index (χ0) is 23.7. The summed E-state index contributed by atoms with van der Waals surface area (Å²) in [5.41, 5.74) is 0.647. The Morgan fingerprint density at radius 2 is 1.56 bits per heavy atom.